The summed E-state index contributed by atoms with van der Waals surface area (Å²) < 4.78 is 23.5. The second-order valence-corrected chi connectivity index (χ2v) is 8.30. The van der Waals surface area contributed by atoms with Gasteiger partial charge in [0.15, 0.2) is 15.9 Å². The van der Waals surface area contributed by atoms with Gasteiger partial charge in [-0.3, -0.25) is 4.79 Å². The minimum absolute atomic E-state index is 0.00635. The second kappa shape index (κ2) is 7.29. The maximum Gasteiger partial charge on any atom is 0.330 e. The van der Waals surface area contributed by atoms with Gasteiger partial charge in [-0.1, -0.05) is 24.3 Å². The number of rotatable bonds is 5. The molecule has 0 saturated heterocycles. The first-order valence-corrected chi connectivity index (χ1v) is 9.82. The number of benzene rings is 2. The van der Waals surface area contributed by atoms with Gasteiger partial charge in [0, 0.05) is 11.8 Å². The van der Waals surface area contributed by atoms with Crippen molar-refractivity contribution in [1.82, 2.24) is 5.32 Å². The lowest BCUT2D eigenvalue weighted by Gasteiger charge is -2.19. The van der Waals surface area contributed by atoms with E-state index in [1.165, 1.54) is 18.2 Å². The highest BCUT2D eigenvalue weighted by Crippen LogP contribution is 2.22. The predicted octanol–water partition coefficient (Wildman–Crippen LogP) is 2.57. The first kappa shape index (κ1) is 19.7. The molecule has 138 valence electrons. The van der Waals surface area contributed by atoms with Crippen LogP contribution in [0.4, 0.5) is 0 Å². The van der Waals surface area contributed by atoms with Crippen LogP contribution >= 0.6 is 0 Å². The first-order valence-electron chi connectivity index (χ1n) is 7.93. The summed E-state index contributed by atoms with van der Waals surface area (Å²) in [5, 5.41) is 12.1. The Morgan fingerprint density at radius 1 is 1.04 bits per heavy atom. The monoisotopic (exact) mass is 375 g/mol. The summed E-state index contributed by atoms with van der Waals surface area (Å²) in [6.07, 6.45) is 1.05. The average molecular weight is 375 g/mol. The van der Waals surface area contributed by atoms with Crippen LogP contribution in [0.5, 0.6) is 0 Å². The molecule has 26 heavy (non-hydrogen) atoms. The largest absolute Gasteiger partial charge is 0.479 e. The number of amides is 1. The molecule has 0 radical (unpaired) electrons. The van der Waals surface area contributed by atoms with E-state index in [0.717, 1.165) is 17.4 Å². The Morgan fingerprint density at radius 2 is 1.69 bits per heavy atom. The number of hydrogen-bond acceptors (Lipinski definition) is 4. The molecule has 1 unspecified atom stereocenters. The van der Waals surface area contributed by atoms with Gasteiger partial charge in [-0.15, -0.1) is 0 Å². The minimum Gasteiger partial charge on any atom is -0.479 e. The third-order valence-electron chi connectivity index (χ3n) is 4.36. The zero-order valence-corrected chi connectivity index (χ0v) is 15.8. The summed E-state index contributed by atoms with van der Waals surface area (Å²) in [4.78, 5) is 24.4. The van der Waals surface area contributed by atoms with E-state index in [2.05, 4.69) is 5.32 Å². The molecule has 2 aromatic carbocycles. The van der Waals surface area contributed by atoms with Gasteiger partial charge in [-0.2, -0.15) is 0 Å². The van der Waals surface area contributed by atoms with Crippen molar-refractivity contribution < 1.29 is 23.1 Å². The second-order valence-electron chi connectivity index (χ2n) is 6.28. The summed E-state index contributed by atoms with van der Waals surface area (Å²) in [6, 6.07) is 8.22. The number of nitrogens with one attached hydrogen (secondary N) is 1. The van der Waals surface area contributed by atoms with Gasteiger partial charge in [-0.25, -0.2) is 13.2 Å². The Labute approximate surface area is 152 Å². The fraction of sp³-hybridized carbons (Fsp3) is 0.263. The molecule has 6 nitrogen and oxygen atoms in total. The quantitative estimate of drug-likeness (QED) is 0.836. The van der Waals surface area contributed by atoms with Crippen molar-refractivity contribution in [2.24, 2.45) is 0 Å². The number of hydrogen-bond donors (Lipinski definition) is 2. The molecule has 2 aromatic rings. The Balaban J connectivity index is 2.43. The zero-order chi connectivity index (χ0) is 19.6. The van der Waals surface area contributed by atoms with Crippen molar-refractivity contribution >= 4 is 21.7 Å². The smallest absolute Gasteiger partial charge is 0.330 e. The number of carbonyl (C=O) groups excluding carboxylic acids is 1. The molecular formula is C19H21NO5S. The topological polar surface area (TPSA) is 101 Å². The highest BCUT2D eigenvalue weighted by atomic mass is 32.2. The number of carboxylic acids is 1. The molecule has 7 heteroatoms. The molecule has 0 fully saturated rings. The Morgan fingerprint density at radius 3 is 2.27 bits per heavy atom. The maximum atomic E-state index is 12.7. The summed E-state index contributed by atoms with van der Waals surface area (Å²) >= 11 is 0. The van der Waals surface area contributed by atoms with E-state index in [9.17, 15) is 23.1 Å². The molecule has 0 aliphatic rings. The van der Waals surface area contributed by atoms with Crippen molar-refractivity contribution in [3.63, 3.8) is 0 Å². The van der Waals surface area contributed by atoms with Crippen LogP contribution in [0, 0.1) is 20.8 Å². The van der Waals surface area contributed by atoms with Gasteiger partial charge in [0.1, 0.15) is 0 Å². The van der Waals surface area contributed by atoms with Crippen LogP contribution in [0.2, 0.25) is 0 Å². The van der Waals surface area contributed by atoms with E-state index in [1.54, 1.807) is 26.0 Å². The summed E-state index contributed by atoms with van der Waals surface area (Å²) in [7, 11) is -3.48. The van der Waals surface area contributed by atoms with Crippen LogP contribution in [-0.4, -0.2) is 31.7 Å². The third-order valence-corrected chi connectivity index (χ3v) is 5.47. The van der Waals surface area contributed by atoms with Gasteiger partial charge < -0.3 is 10.4 Å². The van der Waals surface area contributed by atoms with Gasteiger partial charge in [-0.05, 0) is 55.2 Å². The highest BCUT2D eigenvalue weighted by Gasteiger charge is 2.25. The van der Waals surface area contributed by atoms with E-state index < -0.39 is 27.8 Å². The maximum absolute atomic E-state index is 12.7. The van der Waals surface area contributed by atoms with E-state index >= 15 is 0 Å². The zero-order valence-electron chi connectivity index (χ0n) is 15.0. The van der Waals surface area contributed by atoms with Gasteiger partial charge in [0.2, 0.25) is 0 Å². The van der Waals surface area contributed by atoms with Crippen LogP contribution in [0.3, 0.4) is 0 Å². The molecule has 0 aliphatic heterocycles. The number of carbonyl (C=O) groups is 2. The highest BCUT2D eigenvalue weighted by molar-refractivity contribution is 7.90. The molecule has 1 atom stereocenters. The average Bonchev–Trinajstić information content (AvgIpc) is 2.54. The molecule has 2 N–H and O–H groups in total. The normalized spacial score (nSPS) is 12.5. The van der Waals surface area contributed by atoms with Crippen molar-refractivity contribution in [2.45, 2.75) is 31.7 Å². The SMILES string of the molecule is Cc1ccc(S(C)(=O)=O)cc1C(=O)NC(C(=O)O)c1cccc(C)c1C. The molecule has 0 spiro atoms. The number of carboxylic acid groups (broad SMARTS) is 1. The van der Waals surface area contributed by atoms with E-state index in [4.69, 9.17) is 0 Å². The van der Waals surface area contributed by atoms with Crippen LogP contribution in [0.15, 0.2) is 41.3 Å². The fourth-order valence-corrected chi connectivity index (χ4v) is 3.29. The molecule has 0 bridgehead atoms. The van der Waals surface area contributed by atoms with Crippen LogP contribution in [0.25, 0.3) is 0 Å². The van der Waals surface area contributed by atoms with Crippen molar-refractivity contribution in [1.29, 1.82) is 0 Å². The van der Waals surface area contributed by atoms with Crippen LogP contribution < -0.4 is 5.32 Å². The number of aryl methyl sites for hydroxylation is 2. The Kier molecular flexibility index (Phi) is 5.51. The minimum atomic E-state index is -3.48. The van der Waals surface area contributed by atoms with Crippen LogP contribution in [-0.2, 0) is 14.6 Å². The van der Waals surface area contributed by atoms with E-state index in [-0.39, 0.29) is 10.5 Å². The van der Waals surface area contributed by atoms with Gasteiger partial charge in [0.25, 0.3) is 5.91 Å². The predicted molar refractivity (Wildman–Crippen MR) is 98.0 cm³/mol. The molecule has 0 aliphatic carbocycles. The molecule has 0 aromatic heterocycles. The summed E-state index contributed by atoms with van der Waals surface area (Å²) in [5.41, 5.74) is 2.87. The van der Waals surface area contributed by atoms with E-state index in [0.29, 0.717) is 11.1 Å². The third kappa shape index (κ3) is 4.11. The van der Waals surface area contributed by atoms with Gasteiger partial charge >= 0.3 is 5.97 Å². The molecule has 1 amide bonds. The lowest BCUT2D eigenvalue weighted by molar-refractivity contribution is -0.139. The van der Waals surface area contributed by atoms with Crippen molar-refractivity contribution in [2.75, 3.05) is 6.26 Å². The van der Waals surface area contributed by atoms with Crippen molar-refractivity contribution in [3.8, 4) is 0 Å². The number of aliphatic carboxylic acids is 1. The number of sulfone groups is 1. The summed E-state index contributed by atoms with van der Waals surface area (Å²) in [5.74, 6) is -1.83. The molecule has 0 saturated carbocycles. The summed E-state index contributed by atoms with van der Waals surface area (Å²) in [6.45, 7) is 5.32. The Hall–Kier alpha value is -2.67. The lowest BCUT2D eigenvalue weighted by atomic mass is 9.97. The van der Waals surface area contributed by atoms with Gasteiger partial charge in [0.05, 0.1) is 4.90 Å². The Bertz CT molecular complexity index is 979. The first-order chi connectivity index (χ1) is 12.0. The molecule has 2 rings (SSSR count). The molecule has 0 heterocycles. The standard InChI is InChI=1S/C19H21NO5S/c1-11-6-5-7-15(13(11)3)17(19(22)23)20-18(21)16-10-14(26(4,24)25)9-8-12(16)2/h5-10,17H,1-4H3,(H,20,21)(H,22,23). The van der Waals surface area contributed by atoms with Crippen LogP contribution in [0.1, 0.15) is 38.7 Å². The molecular weight excluding hydrogens is 354 g/mol. The van der Waals surface area contributed by atoms with E-state index in [1.807, 2.05) is 13.0 Å². The van der Waals surface area contributed by atoms with Crippen molar-refractivity contribution in [3.05, 3.63) is 64.2 Å². The fourth-order valence-electron chi connectivity index (χ4n) is 2.64. The lowest BCUT2D eigenvalue weighted by Crippen LogP contribution is -2.34.